The van der Waals surface area contributed by atoms with Gasteiger partial charge in [0.2, 0.25) is 0 Å². The van der Waals surface area contributed by atoms with Gasteiger partial charge in [-0.05, 0) is 13.8 Å². The molecule has 0 fully saturated rings. The summed E-state index contributed by atoms with van der Waals surface area (Å²) in [6.45, 7) is 5.00. The summed E-state index contributed by atoms with van der Waals surface area (Å²) >= 11 is 0. The lowest BCUT2D eigenvalue weighted by molar-refractivity contribution is 0.639. The van der Waals surface area contributed by atoms with Crippen molar-refractivity contribution in [2.75, 3.05) is 0 Å². The van der Waals surface area contributed by atoms with Crippen molar-refractivity contribution in [3.05, 3.63) is 18.0 Å². The highest BCUT2D eigenvalue weighted by atomic mass is 15.3. The Labute approximate surface area is 49.1 Å². The van der Waals surface area contributed by atoms with Gasteiger partial charge in [-0.3, -0.25) is 4.68 Å². The zero-order chi connectivity index (χ0) is 5.98. The molecule has 0 aliphatic heterocycles. The molecule has 0 amide bonds. The van der Waals surface area contributed by atoms with E-state index in [9.17, 15) is 0 Å². The first-order valence-electron chi connectivity index (χ1n) is 2.74. The van der Waals surface area contributed by atoms with Crippen molar-refractivity contribution in [1.29, 1.82) is 0 Å². The monoisotopic (exact) mass is 109 g/mol. The van der Waals surface area contributed by atoms with E-state index in [1.165, 1.54) is 0 Å². The van der Waals surface area contributed by atoms with Gasteiger partial charge in [0.05, 0.1) is 6.20 Å². The maximum Gasteiger partial charge on any atom is 0.0572 e. The van der Waals surface area contributed by atoms with E-state index < -0.39 is 0 Å². The highest BCUT2D eigenvalue weighted by Crippen LogP contribution is 1.91. The van der Waals surface area contributed by atoms with Gasteiger partial charge < -0.3 is 0 Å². The highest BCUT2D eigenvalue weighted by Gasteiger charge is 1.89. The zero-order valence-corrected chi connectivity index (χ0v) is 5.18. The third kappa shape index (κ3) is 0.735. The second-order valence-electron chi connectivity index (χ2n) is 1.69. The largest absolute Gasteiger partial charge is 0.270 e. The molecule has 2 nitrogen and oxygen atoms in total. The molecule has 1 aromatic rings. The first-order chi connectivity index (χ1) is 3.84. The normalized spacial score (nSPS) is 9.75. The van der Waals surface area contributed by atoms with Gasteiger partial charge in [-0.2, -0.15) is 5.10 Å². The predicted octanol–water partition coefficient (Wildman–Crippen LogP) is 1.01. The number of nitrogens with zero attached hydrogens (tertiary/aromatic N) is 2. The van der Waals surface area contributed by atoms with Crippen molar-refractivity contribution < 1.29 is 0 Å². The maximum atomic E-state index is 4.00. The van der Waals surface area contributed by atoms with E-state index in [0.29, 0.717) is 0 Å². The maximum absolute atomic E-state index is 4.00. The van der Waals surface area contributed by atoms with Crippen molar-refractivity contribution >= 4 is 0 Å². The summed E-state index contributed by atoms with van der Waals surface area (Å²) in [5, 5.41) is 4.00. The van der Waals surface area contributed by atoms with E-state index >= 15 is 0 Å². The van der Waals surface area contributed by atoms with Crippen LogP contribution in [0.3, 0.4) is 0 Å². The molecule has 0 bridgehead atoms. The lowest BCUT2D eigenvalue weighted by Gasteiger charge is -1.94. The Kier molecular flexibility index (Phi) is 1.33. The summed E-state index contributed by atoms with van der Waals surface area (Å²) in [4.78, 5) is 0. The van der Waals surface area contributed by atoms with Gasteiger partial charge in [0.1, 0.15) is 0 Å². The number of aryl methyl sites for hydroxylation is 2. The third-order valence-corrected chi connectivity index (χ3v) is 1.16. The van der Waals surface area contributed by atoms with Crippen LogP contribution in [0.4, 0.5) is 0 Å². The van der Waals surface area contributed by atoms with E-state index in [4.69, 9.17) is 0 Å². The molecule has 1 heterocycles. The molecule has 0 unspecified atom stereocenters. The van der Waals surface area contributed by atoms with Crippen LogP contribution in [0, 0.1) is 13.0 Å². The van der Waals surface area contributed by atoms with Crippen LogP contribution in [0.25, 0.3) is 0 Å². The van der Waals surface area contributed by atoms with Crippen LogP contribution >= 0.6 is 0 Å². The minimum atomic E-state index is 0.940. The second kappa shape index (κ2) is 1.99. The Morgan fingerprint density at radius 3 is 2.88 bits per heavy atom. The standard InChI is InChI=1S/C6H9N2/c1-3-8-6(2)4-5-7-8/h5H,3H2,1-2H3. The van der Waals surface area contributed by atoms with E-state index in [0.717, 1.165) is 12.2 Å². The Morgan fingerprint density at radius 1 is 1.88 bits per heavy atom. The Bertz CT molecular complexity index is 167. The van der Waals surface area contributed by atoms with Crippen molar-refractivity contribution in [2.45, 2.75) is 20.4 Å². The molecule has 0 N–H and O–H groups in total. The number of rotatable bonds is 1. The van der Waals surface area contributed by atoms with Crippen molar-refractivity contribution in [1.82, 2.24) is 9.78 Å². The molecule has 0 aliphatic carbocycles. The molecule has 1 radical (unpaired) electrons. The third-order valence-electron chi connectivity index (χ3n) is 1.16. The van der Waals surface area contributed by atoms with Crippen molar-refractivity contribution in [3.63, 3.8) is 0 Å². The first kappa shape index (κ1) is 5.35. The fraction of sp³-hybridized carbons (Fsp3) is 0.500. The fourth-order valence-corrected chi connectivity index (χ4v) is 0.672. The van der Waals surface area contributed by atoms with Gasteiger partial charge in [0.25, 0.3) is 0 Å². The van der Waals surface area contributed by atoms with Crippen LogP contribution < -0.4 is 0 Å². The molecule has 2 heteroatoms. The smallest absolute Gasteiger partial charge is 0.0572 e. The summed E-state index contributed by atoms with van der Waals surface area (Å²) in [5.41, 5.74) is 1.10. The molecule has 1 rings (SSSR count). The average molecular weight is 109 g/mol. The molecule has 0 spiro atoms. The van der Waals surface area contributed by atoms with Crippen LogP contribution in [-0.4, -0.2) is 9.78 Å². The zero-order valence-electron chi connectivity index (χ0n) is 5.18. The van der Waals surface area contributed by atoms with Gasteiger partial charge in [-0.25, -0.2) is 0 Å². The number of hydrogen-bond acceptors (Lipinski definition) is 1. The summed E-state index contributed by atoms with van der Waals surface area (Å²) in [6, 6.07) is 2.97. The molecule has 0 aliphatic rings. The summed E-state index contributed by atoms with van der Waals surface area (Å²) in [5.74, 6) is 0. The van der Waals surface area contributed by atoms with Gasteiger partial charge in [0, 0.05) is 18.3 Å². The molecule has 0 aromatic carbocycles. The fourth-order valence-electron chi connectivity index (χ4n) is 0.672. The van der Waals surface area contributed by atoms with Crippen LogP contribution in [-0.2, 0) is 6.54 Å². The number of aromatic nitrogens is 2. The van der Waals surface area contributed by atoms with E-state index in [-0.39, 0.29) is 0 Å². The van der Waals surface area contributed by atoms with Crippen LogP contribution in [0.5, 0.6) is 0 Å². The highest BCUT2D eigenvalue weighted by molar-refractivity contribution is 4.93. The summed E-state index contributed by atoms with van der Waals surface area (Å²) in [7, 11) is 0. The molecule has 0 atom stereocenters. The minimum absolute atomic E-state index is 0.940. The topological polar surface area (TPSA) is 17.8 Å². The Balaban J connectivity index is 2.92. The lowest BCUT2D eigenvalue weighted by atomic mass is 10.5. The van der Waals surface area contributed by atoms with Gasteiger partial charge in [-0.1, -0.05) is 0 Å². The van der Waals surface area contributed by atoms with E-state index in [1.807, 2.05) is 11.6 Å². The molecular formula is C6H9N2. The predicted molar refractivity (Wildman–Crippen MR) is 31.5 cm³/mol. The van der Waals surface area contributed by atoms with E-state index in [2.05, 4.69) is 18.1 Å². The number of hydrogen-bond donors (Lipinski definition) is 0. The molecule has 1 aromatic heterocycles. The van der Waals surface area contributed by atoms with Gasteiger partial charge >= 0.3 is 0 Å². The van der Waals surface area contributed by atoms with Gasteiger partial charge in [-0.15, -0.1) is 0 Å². The first-order valence-corrected chi connectivity index (χ1v) is 2.74. The quantitative estimate of drug-likeness (QED) is 0.526. The summed E-state index contributed by atoms with van der Waals surface area (Å²) < 4.78 is 1.90. The second-order valence-corrected chi connectivity index (χ2v) is 1.69. The van der Waals surface area contributed by atoms with Crippen LogP contribution in [0.2, 0.25) is 0 Å². The molecule has 0 saturated heterocycles. The Morgan fingerprint density at radius 2 is 2.62 bits per heavy atom. The average Bonchev–Trinajstić information content (AvgIpc) is 2.14. The molecule has 43 valence electrons. The van der Waals surface area contributed by atoms with Crippen LogP contribution in [0.15, 0.2) is 6.20 Å². The summed E-state index contributed by atoms with van der Waals surface area (Å²) in [6.07, 6.45) is 1.69. The molecular weight excluding hydrogens is 100 g/mol. The van der Waals surface area contributed by atoms with Crippen LogP contribution in [0.1, 0.15) is 12.6 Å². The molecule has 8 heavy (non-hydrogen) atoms. The minimum Gasteiger partial charge on any atom is -0.270 e. The Hall–Kier alpha value is -0.790. The molecule has 0 saturated carbocycles. The lowest BCUT2D eigenvalue weighted by Crippen LogP contribution is -1.97. The van der Waals surface area contributed by atoms with Gasteiger partial charge in [0.15, 0.2) is 0 Å². The van der Waals surface area contributed by atoms with Crippen molar-refractivity contribution in [2.24, 2.45) is 0 Å². The van der Waals surface area contributed by atoms with E-state index in [1.54, 1.807) is 6.20 Å². The SMILES string of the molecule is CCn1nc[c]c1C. The van der Waals surface area contributed by atoms with Crippen molar-refractivity contribution in [3.8, 4) is 0 Å².